The van der Waals surface area contributed by atoms with Crippen LogP contribution in [0.25, 0.3) is 21.9 Å². The maximum atomic E-state index is 12.5. The van der Waals surface area contributed by atoms with Gasteiger partial charge in [0.15, 0.2) is 6.61 Å². The van der Waals surface area contributed by atoms with E-state index in [0.29, 0.717) is 11.3 Å². The van der Waals surface area contributed by atoms with Crippen molar-refractivity contribution in [2.24, 2.45) is 0 Å². The fourth-order valence-corrected chi connectivity index (χ4v) is 3.64. The van der Waals surface area contributed by atoms with E-state index in [1.807, 2.05) is 37.4 Å². The number of H-pyrrole nitrogens is 1. The lowest BCUT2D eigenvalue weighted by Gasteiger charge is -2.16. The molecule has 4 rings (SSSR count). The molecule has 8 nitrogen and oxygen atoms in total. The fourth-order valence-electron chi connectivity index (χ4n) is 3.64. The van der Waals surface area contributed by atoms with Crippen molar-refractivity contribution in [1.29, 1.82) is 0 Å². The minimum atomic E-state index is -0.868. The van der Waals surface area contributed by atoms with Crippen molar-refractivity contribution >= 4 is 33.7 Å². The van der Waals surface area contributed by atoms with Crippen LogP contribution in [0.15, 0.2) is 63.9 Å². The number of aromatic amines is 1. The summed E-state index contributed by atoms with van der Waals surface area (Å²) in [6, 6.07) is 13.3. The number of amides is 1. The van der Waals surface area contributed by atoms with E-state index in [1.165, 1.54) is 13.2 Å². The zero-order chi connectivity index (χ0) is 22.7. The Morgan fingerprint density at radius 3 is 2.75 bits per heavy atom. The summed E-state index contributed by atoms with van der Waals surface area (Å²) in [7, 11) is 1.28. The van der Waals surface area contributed by atoms with Crippen LogP contribution in [0.4, 0.5) is 0 Å². The molecule has 1 atom stereocenters. The predicted octanol–water partition coefficient (Wildman–Crippen LogP) is 2.86. The van der Waals surface area contributed by atoms with Crippen molar-refractivity contribution < 1.29 is 23.5 Å². The number of hydrogen-bond acceptors (Lipinski definition) is 6. The lowest BCUT2D eigenvalue weighted by atomic mass is 10.0. The number of fused-ring (bicyclic) bond motifs is 2. The molecule has 2 aromatic carbocycles. The van der Waals surface area contributed by atoms with Gasteiger partial charge in [-0.25, -0.2) is 9.59 Å². The Morgan fingerprint density at radius 1 is 1.12 bits per heavy atom. The molecule has 1 amide bonds. The smallest absolute Gasteiger partial charge is 0.336 e. The van der Waals surface area contributed by atoms with Crippen LogP contribution in [-0.4, -0.2) is 36.6 Å². The number of ether oxygens (including phenoxy) is 2. The molecule has 0 aliphatic rings. The summed E-state index contributed by atoms with van der Waals surface area (Å²) in [5.41, 5.74) is 2.54. The van der Waals surface area contributed by atoms with Crippen molar-refractivity contribution in [2.75, 3.05) is 13.7 Å². The normalized spacial score (nSPS) is 11.9. The first-order chi connectivity index (χ1) is 15.4. The van der Waals surface area contributed by atoms with Crippen LogP contribution in [0, 0.1) is 6.92 Å². The average Bonchev–Trinajstić information content (AvgIpc) is 3.19. The van der Waals surface area contributed by atoms with Crippen molar-refractivity contribution in [3.63, 3.8) is 0 Å². The number of benzene rings is 2. The zero-order valence-electron chi connectivity index (χ0n) is 17.6. The minimum absolute atomic E-state index is 0.267. The van der Waals surface area contributed by atoms with E-state index in [9.17, 15) is 14.4 Å². The second-order valence-corrected chi connectivity index (χ2v) is 7.40. The van der Waals surface area contributed by atoms with Gasteiger partial charge in [-0.3, -0.25) is 4.79 Å². The third kappa shape index (κ3) is 4.49. The highest BCUT2D eigenvalue weighted by atomic mass is 16.5. The molecule has 0 radical (unpaired) electrons. The number of nitrogens with one attached hydrogen (secondary N) is 2. The van der Waals surface area contributed by atoms with E-state index < -0.39 is 23.5 Å². The maximum absolute atomic E-state index is 12.5. The highest BCUT2D eigenvalue weighted by molar-refractivity contribution is 5.88. The Labute approximate surface area is 183 Å². The van der Waals surface area contributed by atoms with Crippen LogP contribution >= 0.6 is 0 Å². The van der Waals surface area contributed by atoms with Gasteiger partial charge in [0.1, 0.15) is 17.4 Å². The SMILES string of the molecule is COC(=O)[C@H](Cc1c[nH]c2ccccc12)NC(=O)COc1ccc2c(C)cc(=O)oc2c1. The van der Waals surface area contributed by atoms with Gasteiger partial charge in [-0.1, -0.05) is 18.2 Å². The van der Waals surface area contributed by atoms with Crippen molar-refractivity contribution in [1.82, 2.24) is 10.3 Å². The molecular weight excluding hydrogens is 412 g/mol. The number of rotatable bonds is 7. The van der Waals surface area contributed by atoms with Gasteiger partial charge < -0.3 is 24.2 Å². The first kappa shape index (κ1) is 21.2. The van der Waals surface area contributed by atoms with Gasteiger partial charge >= 0.3 is 11.6 Å². The fraction of sp³-hybridized carbons (Fsp3) is 0.208. The van der Waals surface area contributed by atoms with Crippen LogP contribution in [0.3, 0.4) is 0 Å². The van der Waals surface area contributed by atoms with Gasteiger partial charge in [-0.05, 0) is 36.2 Å². The number of carbonyl (C=O) groups excluding carboxylic acids is 2. The van der Waals surface area contributed by atoms with Crippen molar-refractivity contribution in [2.45, 2.75) is 19.4 Å². The molecule has 0 saturated carbocycles. The van der Waals surface area contributed by atoms with E-state index in [4.69, 9.17) is 13.9 Å². The Hall–Kier alpha value is -4.07. The van der Waals surface area contributed by atoms with Crippen LogP contribution in [0.1, 0.15) is 11.1 Å². The minimum Gasteiger partial charge on any atom is -0.484 e. The molecule has 2 N–H and O–H groups in total. The molecular formula is C24H22N2O6. The van der Waals surface area contributed by atoms with Gasteiger partial charge in [0.2, 0.25) is 0 Å². The molecule has 0 aliphatic heterocycles. The Kier molecular flexibility index (Phi) is 5.93. The van der Waals surface area contributed by atoms with E-state index in [2.05, 4.69) is 10.3 Å². The van der Waals surface area contributed by atoms with Gasteiger partial charge in [0, 0.05) is 41.0 Å². The summed E-state index contributed by atoms with van der Waals surface area (Å²) in [5, 5.41) is 4.43. The summed E-state index contributed by atoms with van der Waals surface area (Å²) in [5.74, 6) is -0.662. The van der Waals surface area contributed by atoms with Gasteiger partial charge in [-0.15, -0.1) is 0 Å². The highest BCUT2D eigenvalue weighted by Gasteiger charge is 2.23. The number of esters is 1. The molecule has 164 valence electrons. The van der Waals surface area contributed by atoms with Crippen LogP contribution in [0.2, 0.25) is 0 Å². The molecule has 0 fully saturated rings. The number of carbonyl (C=O) groups is 2. The molecule has 4 aromatic rings. The van der Waals surface area contributed by atoms with Crippen LogP contribution in [0.5, 0.6) is 5.75 Å². The van der Waals surface area contributed by atoms with E-state index >= 15 is 0 Å². The summed E-state index contributed by atoms with van der Waals surface area (Å²) in [4.78, 5) is 39.5. The molecule has 0 bridgehead atoms. The lowest BCUT2D eigenvalue weighted by molar-refractivity contribution is -0.145. The summed E-state index contributed by atoms with van der Waals surface area (Å²) in [6.45, 7) is 1.50. The highest BCUT2D eigenvalue weighted by Crippen LogP contribution is 2.22. The number of aromatic nitrogens is 1. The van der Waals surface area contributed by atoms with Gasteiger partial charge in [0.25, 0.3) is 5.91 Å². The summed E-state index contributed by atoms with van der Waals surface area (Å²) < 4.78 is 15.6. The number of aryl methyl sites for hydroxylation is 1. The maximum Gasteiger partial charge on any atom is 0.336 e. The first-order valence-corrected chi connectivity index (χ1v) is 10.0. The standard InChI is InChI=1S/C24H22N2O6/c1-14-9-23(28)32-21-11-16(7-8-17(14)21)31-13-22(27)26-20(24(29)30-2)10-15-12-25-19-6-4-3-5-18(15)19/h3-9,11-12,20,25H,10,13H2,1-2H3,(H,26,27)/t20-/m0/s1. The lowest BCUT2D eigenvalue weighted by Crippen LogP contribution is -2.44. The predicted molar refractivity (Wildman–Crippen MR) is 119 cm³/mol. The first-order valence-electron chi connectivity index (χ1n) is 10.0. The van der Waals surface area contributed by atoms with Gasteiger partial charge in [0.05, 0.1) is 7.11 Å². The van der Waals surface area contributed by atoms with E-state index in [1.54, 1.807) is 18.2 Å². The van der Waals surface area contributed by atoms with E-state index in [0.717, 1.165) is 27.4 Å². The third-order valence-corrected chi connectivity index (χ3v) is 5.21. The van der Waals surface area contributed by atoms with Crippen molar-refractivity contribution in [3.05, 3.63) is 76.3 Å². The molecule has 0 saturated heterocycles. The number of hydrogen-bond donors (Lipinski definition) is 2. The summed E-state index contributed by atoms with van der Waals surface area (Å²) >= 11 is 0. The molecule has 8 heteroatoms. The van der Waals surface area contributed by atoms with E-state index in [-0.39, 0.29) is 13.0 Å². The Bertz CT molecular complexity index is 1350. The number of methoxy groups -OCH3 is 1. The quantitative estimate of drug-likeness (QED) is 0.342. The molecule has 32 heavy (non-hydrogen) atoms. The molecule has 2 aromatic heterocycles. The molecule has 2 heterocycles. The Morgan fingerprint density at radius 2 is 1.94 bits per heavy atom. The van der Waals surface area contributed by atoms with Crippen LogP contribution in [-0.2, 0) is 20.7 Å². The monoisotopic (exact) mass is 434 g/mol. The van der Waals surface area contributed by atoms with Crippen molar-refractivity contribution in [3.8, 4) is 5.75 Å². The largest absolute Gasteiger partial charge is 0.484 e. The second-order valence-electron chi connectivity index (χ2n) is 7.40. The second kappa shape index (κ2) is 8.97. The molecule has 0 unspecified atom stereocenters. The topological polar surface area (TPSA) is 111 Å². The average molecular weight is 434 g/mol. The molecule has 0 spiro atoms. The summed E-state index contributed by atoms with van der Waals surface area (Å²) in [6.07, 6.45) is 2.08. The number of para-hydroxylation sites is 1. The Balaban J connectivity index is 1.44. The van der Waals surface area contributed by atoms with Gasteiger partial charge in [-0.2, -0.15) is 0 Å². The third-order valence-electron chi connectivity index (χ3n) is 5.21. The van der Waals surface area contributed by atoms with Crippen LogP contribution < -0.4 is 15.7 Å². The zero-order valence-corrected chi connectivity index (χ0v) is 17.6. The molecule has 0 aliphatic carbocycles.